The van der Waals surface area contributed by atoms with Gasteiger partial charge in [-0.2, -0.15) is 0 Å². The highest BCUT2D eigenvalue weighted by atomic mass is 16.4. The van der Waals surface area contributed by atoms with Crippen LogP contribution in [-0.4, -0.2) is 22.2 Å². The van der Waals surface area contributed by atoms with Crippen LogP contribution in [0.25, 0.3) is 0 Å². The Kier molecular flexibility index (Phi) is 4.75. The first-order valence-corrected chi connectivity index (χ1v) is 5.02. The number of nitrogens with one attached hydrogen (secondary N) is 1. The van der Waals surface area contributed by atoms with Gasteiger partial charge in [0, 0.05) is 11.4 Å². The lowest BCUT2D eigenvalue weighted by Gasteiger charge is -2.08. The number of hydrogen-bond acceptors (Lipinski definition) is 3. The lowest BCUT2D eigenvalue weighted by molar-refractivity contribution is -0.137. The van der Waals surface area contributed by atoms with Crippen molar-refractivity contribution < 1.29 is 19.8 Å². The van der Waals surface area contributed by atoms with Gasteiger partial charge in [-0.1, -0.05) is 24.3 Å². The standard InChI is InChI=1S/C12H13NO4/c14-11(15)7-6-10(8-12(16)17)13-9-4-2-1-3-5-9/h1-6,13H,7-8H2,(H,14,15)(H,16,17). The minimum absolute atomic E-state index is 0.206. The van der Waals surface area contributed by atoms with Crippen LogP contribution in [0.3, 0.4) is 0 Å². The molecule has 0 saturated heterocycles. The molecule has 1 aromatic carbocycles. The summed E-state index contributed by atoms with van der Waals surface area (Å²) in [5.41, 5.74) is 1.09. The Labute approximate surface area is 98.4 Å². The summed E-state index contributed by atoms with van der Waals surface area (Å²) in [6.45, 7) is 0. The summed E-state index contributed by atoms with van der Waals surface area (Å²) >= 11 is 0. The summed E-state index contributed by atoms with van der Waals surface area (Å²) in [7, 11) is 0. The Hall–Kier alpha value is -2.30. The number of carbonyl (C=O) groups is 2. The fourth-order valence-electron chi connectivity index (χ4n) is 1.25. The van der Waals surface area contributed by atoms with Gasteiger partial charge in [-0.3, -0.25) is 9.59 Å². The van der Waals surface area contributed by atoms with Crippen molar-refractivity contribution in [3.8, 4) is 0 Å². The molecule has 90 valence electrons. The van der Waals surface area contributed by atoms with Gasteiger partial charge in [-0.25, -0.2) is 0 Å². The average molecular weight is 235 g/mol. The van der Waals surface area contributed by atoms with E-state index in [1.807, 2.05) is 6.07 Å². The summed E-state index contributed by atoms with van der Waals surface area (Å²) in [6, 6.07) is 8.99. The van der Waals surface area contributed by atoms with E-state index in [0.717, 1.165) is 5.69 Å². The van der Waals surface area contributed by atoms with Crippen molar-refractivity contribution in [3.05, 3.63) is 42.1 Å². The van der Waals surface area contributed by atoms with Crippen LogP contribution >= 0.6 is 0 Å². The molecule has 0 aliphatic carbocycles. The first kappa shape index (κ1) is 12.8. The van der Waals surface area contributed by atoms with E-state index in [1.54, 1.807) is 24.3 Å². The van der Waals surface area contributed by atoms with Gasteiger partial charge in [0.1, 0.15) is 0 Å². The third-order valence-corrected chi connectivity index (χ3v) is 1.94. The van der Waals surface area contributed by atoms with Crippen molar-refractivity contribution in [2.45, 2.75) is 12.8 Å². The maximum Gasteiger partial charge on any atom is 0.309 e. The van der Waals surface area contributed by atoms with Gasteiger partial charge in [0.15, 0.2) is 0 Å². The first-order valence-electron chi connectivity index (χ1n) is 5.02. The summed E-state index contributed by atoms with van der Waals surface area (Å²) in [5, 5.41) is 20.1. The predicted octanol–water partition coefficient (Wildman–Crippen LogP) is 1.93. The van der Waals surface area contributed by atoms with Gasteiger partial charge in [-0.05, 0) is 12.1 Å². The molecule has 1 aromatic rings. The molecule has 0 aliphatic heterocycles. The van der Waals surface area contributed by atoms with E-state index in [0.29, 0.717) is 5.70 Å². The zero-order valence-electron chi connectivity index (χ0n) is 9.09. The molecule has 5 nitrogen and oxygen atoms in total. The quantitative estimate of drug-likeness (QED) is 0.701. The van der Waals surface area contributed by atoms with Gasteiger partial charge >= 0.3 is 11.9 Å². The number of para-hydroxylation sites is 1. The molecule has 0 spiro atoms. The molecular formula is C12H13NO4. The van der Waals surface area contributed by atoms with Crippen molar-refractivity contribution in [2.75, 3.05) is 5.32 Å². The highest BCUT2D eigenvalue weighted by Gasteiger charge is 2.05. The number of hydrogen-bond donors (Lipinski definition) is 3. The molecule has 0 radical (unpaired) electrons. The van der Waals surface area contributed by atoms with Gasteiger partial charge in [0.25, 0.3) is 0 Å². The fraction of sp³-hybridized carbons (Fsp3) is 0.167. The van der Waals surface area contributed by atoms with Crippen LogP contribution in [0.15, 0.2) is 42.1 Å². The minimum atomic E-state index is -1.01. The molecule has 0 aliphatic rings. The molecule has 0 heterocycles. The molecule has 1 rings (SSSR count). The van der Waals surface area contributed by atoms with E-state index in [2.05, 4.69) is 5.32 Å². The number of carboxylic acids is 2. The van der Waals surface area contributed by atoms with Crippen molar-refractivity contribution in [2.24, 2.45) is 0 Å². The minimum Gasteiger partial charge on any atom is -0.481 e. The average Bonchev–Trinajstić information content (AvgIpc) is 2.26. The summed E-state index contributed by atoms with van der Waals surface area (Å²) in [5.74, 6) is -2.01. The fourth-order valence-corrected chi connectivity index (χ4v) is 1.25. The number of benzene rings is 1. The van der Waals surface area contributed by atoms with Crippen LogP contribution in [0.5, 0.6) is 0 Å². The second kappa shape index (κ2) is 6.32. The van der Waals surface area contributed by atoms with Crippen LogP contribution in [0.4, 0.5) is 5.69 Å². The number of aliphatic carboxylic acids is 2. The molecule has 0 aromatic heterocycles. The van der Waals surface area contributed by atoms with Gasteiger partial charge < -0.3 is 15.5 Å². The monoisotopic (exact) mass is 235 g/mol. The molecular weight excluding hydrogens is 222 g/mol. The van der Waals surface area contributed by atoms with E-state index < -0.39 is 11.9 Å². The van der Waals surface area contributed by atoms with Crippen LogP contribution < -0.4 is 5.32 Å². The van der Waals surface area contributed by atoms with E-state index in [1.165, 1.54) is 6.08 Å². The molecule has 0 unspecified atom stereocenters. The second-order valence-corrected chi connectivity index (χ2v) is 3.39. The van der Waals surface area contributed by atoms with Crippen LogP contribution in [0.2, 0.25) is 0 Å². The van der Waals surface area contributed by atoms with E-state index in [9.17, 15) is 9.59 Å². The highest BCUT2D eigenvalue weighted by Crippen LogP contribution is 2.12. The Morgan fingerprint density at radius 1 is 1.12 bits per heavy atom. The van der Waals surface area contributed by atoms with Crippen LogP contribution in [0.1, 0.15) is 12.8 Å². The third-order valence-electron chi connectivity index (χ3n) is 1.94. The Balaban J connectivity index is 2.73. The molecule has 17 heavy (non-hydrogen) atoms. The van der Waals surface area contributed by atoms with Gasteiger partial charge in [0.05, 0.1) is 12.8 Å². The second-order valence-electron chi connectivity index (χ2n) is 3.39. The maximum absolute atomic E-state index is 10.6. The normalized spacial score (nSPS) is 10.9. The van der Waals surface area contributed by atoms with Crippen LogP contribution in [-0.2, 0) is 9.59 Å². The van der Waals surface area contributed by atoms with Crippen molar-refractivity contribution in [3.63, 3.8) is 0 Å². The summed E-state index contributed by atoms with van der Waals surface area (Å²) in [6.07, 6.45) is 0.925. The number of carboxylic acid groups (broad SMARTS) is 2. The molecule has 0 bridgehead atoms. The SMILES string of the molecule is O=C(O)CC=C(CC(=O)O)Nc1ccccc1. The molecule has 0 amide bonds. The highest BCUT2D eigenvalue weighted by molar-refractivity contribution is 5.73. The summed E-state index contributed by atoms with van der Waals surface area (Å²) in [4.78, 5) is 21.0. The van der Waals surface area contributed by atoms with Gasteiger partial charge in [-0.15, -0.1) is 0 Å². The topological polar surface area (TPSA) is 86.6 Å². The zero-order valence-corrected chi connectivity index (χ0v) is 9.09. The Bertz CT molecular complexity index is 425. The third kappa shape index (κ3) is 5.36. The number of rotatable bonds is 6. The van der Waals surface area contributed by atoms with Crippen molar-refractivity contribution in [1.82, 2.24) is 0 Å². The Morgan fingerprint density at radius 3 is 2.29 bits per heavy atom. The van der Waals surface area contributed by atoms with Gasteiger partial charge in [0.2, 0.25) is 0 Å². The molecule has 0 fully saturated rings. The lowest BCUT2D eigenvalue weighted by atomic mass is 10.2. The molecule has 0 atom stereocenters. The summed E-state index contributed by atoms with van der Waals surface area (Å²) < 4.78 is 0. The predicted molar refractivity (Wildman–Crippen MR) is 62.7 cm³/mol. The largest absolute Gasteiger partial charge is 0.481 e. The Morgan fingerprint density at radius 2 is 1.76 bits per heavy atom. The van der Waals surface area contributed by atoms with Crippen molar-refractivity contribution in [1.29, 1.82) is 0 Å². The molecule has 0 saturated carbocycles. The molecule has 3 N–H and O–H groups in total. The zero-order chi connectivity index (χ0) is 12.7. The first-order chi connectivity index (χ1) is 8.08. The molecule has 5 heteroatoms. The number of anilines is 1. The maximum atomic E-state index is 10.6. The van der Waals surface area contributed by atoms with Crippen LogP contribution in [0, 0.1) is 0 Å². The lowest BCUT2D eigenvalue weighted by Crippen LogP contribution is -2.07. The smallest absolute Gasteiger partial charge is 0.309 e. The van der Waals surface area contributed by atoms with E-state index in [-0.39, 0.29) is 12.8 Å². The van der Waals surface area contributed by atoms with E-state index in [4.69, 9.17) is 10.2 Å². The van der Waals surface area contributed by atoms with Crippen molar-refractivity contribution >= 4 is 17.6 Å². The van der Waals surface area contributed by atoms with E-state index >= 15 is 0 Å².